The molecule has 28 heavy (non-hydrogen) atoms. The molecule has 0 bridgehead atoms. The zero-order valence-corrected chi connectivity index (χ0v) is 17.7. The Labute approximate surface area is 169 Å². The molecule has 1 aliphatic carbocycles. The van der Waals surface area contributed by atoms with Crippen molar-refractivity contribution in [3.05, 3.63) is 12.7 Å². The Morgan fingerprint density at radius 2 is 1.68 bits per heavy atom. The van der Waals surface area contributed by atoms with E-state index in [0.717, 1.165) is 25.3 Å². The smallest absolute Gasteiger partial charge is 0.350 e. The van der Waals surface area contributed by atoms with Crippen molar-refractivity contribution in [1.29, 1.82) is 0 Å². The maximum atomic E-state index is 12.7. The Hall–Kier alpha value is -1.85. The van der Waals surface area contributed by atoms with E-state index in [1.165, 1.54) is 19.3 Å². The summed E-state index contributed by atoms with van der Waals surface area (Å²) >= 11 is 0. The van der Waals surface area contributed by atoms with Crippen molar-refractivity contribution < 1.29 is 28.6 Å². The molecular formula is C22H36O6. The third-order valence-electron chi connectivity index (χ3n) is 5.04. The van der Waals surface area contributed by atoms with Gasteiger partial charge < -0.3 is 14.2 Å². The van der Waals surface area contributed by atoms with Crippen molar-refractivity contribution in [2.45, 2.75) is 96.7 Å². The number of hydrogen-bond acceptors (Lipinski definition) is 6. The topological polar surface area (TPSA) is 78.9 Å². The van der Waals surface area contributed by atoms with Crippen molar-refractivity contribution in [3.63, 3.8) is 0 Å². The molecule has 160 valence electrons. The number of carbonyl (C=O) groups is 3. The van der Waals surface area contributed by atoms with E-state index in [2.05, 4.69) is 13.5 Å². The fourth-order valence-corrected chi connectivity index (χ4v) is 3.41. The summed E-state index contributed by atoms with van der Waals surface area (Å²) in [5, 5.41) is 0. The van der Waals surface area contributed by atoms with E-state index in [-0.39, 0.29) is 30.8 Å². The standard InChI is InChI=1S/C22H36O6/c1-5-7-8-9-10-11-16-26-21(25)22(28-19(23)6-2)14-12-18(13-15-22)20(24)27-17(3)4/h6,17-18H,2,5,7-16H2,1,3-4H3. The SMILES string of the molecule is C=CC(=O)OC1(C(=O)OCCCCCCCC)CCC(C(=O)OC(C)C)CC1. The van der Waals surface area contributed by atoms with E-state index in [1.807, 2.05) is 0 Å². The average Bonchev–Trinajstić information content (AvgIpc) is 2.66. The van der Waals surface area contributed by atoms with Gasteiger partial charge in [-0.05, 0) is 46.0 Å². The highest BCUT2D eigenvalue weighted by Crippen LogP contribution is 2.37. The van der Waals surface area contributed by atoms with Gasteiger partial charge in [0.1, 0.15) is 0 Å². The molecule has 0 aliphatic heterocycles. The average molecular weight is 397 g/mol. The molecule has 6 heteroatoms. The summed E-state index contributed by atoms with van der Waals surface area (Å²) in [6.07, 6.45) is 8.74. The van der Waals surface area contributed by atoms with E-state index in [4.69, 9.17) is 14.2 Å². The summed E-state index contributed by atoms with van der Waals surface area (Å²) in [7, 11) is 0. The van der Waals surface area contributed by atoms with Crippen LogP contribution in [-0.2, 0) is 28.6 Å². The molecule has 0 aromatic carbocycles. The summed E-state index contributed by atoms with van der Waals surface area (Å²) in [4.78, 5) is 36.6. The molecule has 0 amide bonds. The molecule has 0 heterocycles. The minimum absolute atomic E-state index is 0.180. The zero-order valence-electron chi connectivity index (χ0n) is 17.7. The Morgan fingerprint density at radius 1 is 1.07 bits per heavy atom. The lowest BCUT2D eigenvalue weighted by Crippen LogP contribution is -2.48. The number of ether oxygens (including phenoxy) is 3. The monoisotopic (exact) mass is 396 g/mol. The Bertz CT molecular complexity index is 517. The number of esters is 3. The van der Waals surface area contributed by atoms with Crippen LogP contribution in [0.5, 0.6) is 0 Å². The summed E-state index contributed by atoms with van der Waals surface area (Å²) < 4.78 is 16.1. The predicted octanol–water partition coefficient (Wildman–Crippen LogP) is 4.50. The van der Waals surface area contributed by atoms with Crippen LogP contribution < -0.4 is 0 Å². The van der Waals surface area contributed by atoms with Gasteiger partial charge >= 0.3 is 17.9 Å². The van der Waals surface area contributed by atoms with Crippen LogP contribution in [0.4, 0.5) is 0 Å². The Balaban J connectivity index is 2.58. The molecule has 6 nitrogen and oxygen atoms in total. The quantitative estimate of drug-likeness (QED) is 0.209. The molecule has 1 rings (SSSR count). The lowest BCUT2D eigenvalue weighted by molar-refractivity contribution is -0.186. The normalized spacial score (nSPS) is 21.8. The fraction of sp³-hybridized carbons (Fsp3) is 0.773. The summed E-state index contributed by atoms with van der Waals surface area (Å²) in [5.41, 5.74) is -1.33. The van der Waals surface area contributed by atoms with Gasteiger partial charge in [0.05, 0.1) is 18.6 Å². The van der Waals surface area contributed by atoms with Crippen LogP contribution in [0.25, 0.3) is 0 Å². The first-order valence-electron chi connectivity index (χ1n) is 10.6. The van der Waals surface area contributed by atoms with Crippen LogP contribution >= 0.6 is 0 Å². The van der Waals surface area contributed by atoms with Gasteiger partial charge in [-0.3, -0.25) is 4.79 Å². The molecule has 0 atom stereocenters. The first kappa shape index (κ1) is 24.2. The van der Waals surface area contributed by atoms with E-state index in [0.29, 0.717) is 19.4 Å². The molecule has 1 saturated carbocycles. The second-order valence-electron chi connectivity index (χ2n) is 7.78. The lowest BCUT2D eigenvalue weighted by atomic mass is 9.78. The number of carbonyl (C=O) groups excluding carboxylic acids is 3. The molecule has 1 aliphatic rings. The molecule has 1 fully saturated rings. The number of rotatable bonds is 12. The number of unbranched alkanes of at least 4 members (excludes halogenated alkanes) is 5. The highest BCUT2D eigenvalue weighted by Gasteiger charge is 2.48. The fourth-order valence-electron chi connectivity index (χ4n) is 3.41. The molecule has 0 saturated heterocycles. The van der Waals surface area contributed by atoms with Gasteiger partial charge in [0.25, 0.3) is 0 Å². The first-order valence-corrected chi connectivity index (χ1v) is 10.6. The summed E-state index contributed by atoms with van der Waals surface area (Å²) in [6.45, 7) is 9.49. The van der Waals surface area contributed by atoms with Crippen molar-refractivity contribution in [3.8, 4) is 0 Å². The van der Waals surface area contributed by atoms with Gasteiger partial charge in [0.15, 0.2) is 0 Å². The number of hydrogen-bond donors (Lipinski definition) is 0. The minimum Gasteiger partial charge on any atom is -0.463 e. The van der Waals surface area contributed by atoms with Crippen molar-refractivity contribution in [2.24, 2.45) is 5.92 Å². The van der Waals surface area contributed by atoms with Gasteiger partial charge in [-0.2, -0.15) is 0 Å². The van der Waals surface area contributed by atoms with Crippen LogP contribution in [0.15, 0.2) is 12.7 Å². The van der Waals surface area contributed by atoms with Crippen LogP contribution in [-0.4, -0.2) is 36.2 Å². The molecular weight excluding hydrogens is 360 g/mol. The molecule has 0 N–H and O–H groups in total. The first-order chi connectivity index (χ1) is 13.3. The third kappa shape index (κ3) is 8.03. The van der Waals surface area contributed by atoms with Gasteiger partial charge in [-0.15, -0.1) is 0 Å². The second-order valence-corrected chi connectivity index (χ2v) is 7.78. The van der Waals surface area contributed by atoms with Gasteiger partial charge in [0, 0.05) is 6.08 Å². The molecule has 0 radical (unpaired) electrons. The molecule has 0 spiro atoms. The molecule has 0 aromatic heterocycles. The van der Waals surface area contributed by atoms with Crippen LogP contribution in [0.2, 0.25) is 0 Å². The highest BCUT2D eigenvalue weighted by atomic mass is 16.6. The maximum Gasteiger partial charge on any atom is 0.350 e. The molecule has 0 unspecified atom stereocenters. The van der Waals surface area contributed by atoms with Crippen LogP contribution in [0.3, 0.4) is 0 Å². The summed E-state index contributed by atoms with van der Waals surface area (Å²) in [5.74, 6) is -1.73. The third-order valence-corrected chi connectivity index (χ3v) is 5.04. The van der Waals surface area contributed by atoms with E-state index < -0.39 is 17.5 Å². The maximum absolute atomic E-state index is 12.7. The predicted molar refractivity (Wildman–Crippen MR) is 107 cm³/mol. The van der Waals surface area contributed by atoms with Crippen molar-refractivity contribution in [2.75, 3.05) is 6.61 Å². The van der Waals surface area contributed by atoms with Crippen molar-refractivity contribution >= 4 is 17.9 Å². The van der Waals surface area contributed by atoms with Crippen LogP contribution in [0.1, 0.15) is 85.0 Å². The Morgan fingerprint density at radius 3 is 2.25 bits per heavy atom. The minimum atomic E-state index is -1.33. The Kier molecular flexibility index (Phi) is 10.9. The van der Waals surface area contributed by atoms with Crippen molar-refractivity contribution in [1.82, 2.24) is 0 Å². The van der Waals surface area contributed by atoms with Gasteiger partial charge in [0.2, 0.25) is 5.60 Å². The molecule has 0 aromatic rings. The van der Waals surface area contributed by atoms with Crippen LogP contribution in [0, 0.1) is 5.92 Å². The lowest BCUT2D eigenvalue weighted by Gasteiger charge is -2.36. The largest absolute Gasteiger partial charge is 0.463 e. The highest BCUT2D eigenvalue weighted by molar-refractivity contribution is 5.88. The van der Waals surface area contributed by atoms with Gasteiger partial charge in [-0.25, -0.2) is 9.59 Å². The van der Waals surface area contributed by atoms with E-state index in [9.17, 15) is 14.4 Å². The second kappa shape index (κ2) is 12.6. The van der Waals surface area contributed by atoms with E-state index in [1.54, 1.807) is 13.8 Å². The van der Waals surface area contributed by atoms with E-state index >= 15 is 0 Å². The zero-order chi connectivity index (χ0) is 21.0. The summed E-state index contributed by atoms with van der Waals surface area (Å²) in [6, 6.07) is 0. The van der Waals surface area contributed by atoms with Gasteiger partial charge in [-0.1, -0.05) is 45.6 Å².